The molecule has 0 amide bonds. The van der Waals surface area contributed by atoms with Crippen molar-refractivity contribution in [2.75, 3.05) is 0 Å². The molecule has 0 N–H and O–H groups in total. The lowest BCUT2D eigenvalue weighted by atomic mass is 9.78. The Hall–Kier alpha value is -1.70. The second-order valence-corrected chi connectivity index (χ2v) is 8.89. The molecule has 1 aliphatic carbocycles. The molecule has 0 nitrogen and oxygen atoms in total. The molecule has 29 heavy (non-hydrogen) atoms. The van der Waals surface area contributed by atoms with Gasteiger partial charge in [0, 0.05) is 5.56 Å². The molecule has 1 saturated carbocycles. The van der Waals surface area contributed by atoms with Gasteiger partial charge in [-0.25, -0.2) is 8.78 Å². The van der Waals surface area contributed by atoms with Gasteiger partial charge in [-0.3, -0.25) is 0 Å². The molecule has 3 rings (SSSR count). The first-order valence-electron chi connectivity index (χ1n) is 11.7. The highest BCUT2D eigenvalue weighted by atomic mass is 19.2. The maximum Gasteiger partial charge on any atom is 0.166 e. The van der Waals surface area contributed by atoms with Crippen LogP contribution >= 0.6 is 0 Å². The molecule has 0 unspecified atom stereocenters. The molecule has 0 bridgehead atoms. The third-order valence-electron chi connectivity index (χ3n) is 6.86. The van der Waals surface area contributed by atoms with Crippen molar-refractivity contribution in [2.24, 2.45) is 11.8 Å². The Morgan fingerprint density at radius 3 is 2.10 bits per heavy atom. The molecule has 0 spiro atoms. The van der Waals surface area contributed by atoms with Gasteiger partial charge in [-0.1, -0.05) is 95.2 Å². The quantitative estimate of drug-likeness (QED) is 0.371. The normalized spacial score (nSPS) is 19.4. The van der Waals surface area contributed by atoms with E-state index in [4.69, 9.17) is 0 Å². The minimum Gasteiger partial charge on any atom is -0.203 e. The van der Waals surface area contributed by atoms with Crippen LogP contribution in [-0.2, 0) is 12.8 Å². The van der Waals surface area contributed by atoms with Crippen LogP contribution in [0, 0.1) is 23.5 Å². The van der Waals surface area contributed by atoms with Crippen LogP contribution in [-0.4, -0.2) is 0 Å². The summed E-state index contributed by atoms with van der Waals surface area (Å²) in [6.07, 6.45) is 12.6. The first-order chi connectivity index (χ1) is 14.1. The first kappa shape index (κ1) is 22.0. The summed E-state index contributed by atoms with van der Waals surface area (Å²) in [5, 5.41) is 0. The van der Waals surface area contributed by atoms with Gasteiger partial charge in [-0.2, -0.15) is 0 Å². The zero-order chi connectivity index (χ0) is 20.6. The first-order valence-corrected chi connectivity index (χ1v) is 11.7. The zero-order valence-corrected chi connectivity index (χ0v) is 18.2. The van der Waals surface area contributed by atoms with Crippen LogP contribution in [0.2, 0.25) is 0 Å². The average molecular weight is 399 g/mol. The van der Waals surface area contributed by atoms with Crippen LogP contribution in [0.5, 0.6) is 0 Å². The fourth-order valence-corrected chi connectivity index (χ4v) is 4.72. The van der Waals surface area contributed by atoms with Crippen molar-refractivity contribution in [3.63, 3.8) is 0 Å². The molecule has 0 radical (unpaired) electrons. The molecular weight excluding hydrogens is 362 g/mol. The standard InChI is InChI=1S/C27H36F2/c1-3-5-6-7-21-12-15-23(16-13-21)25-19-18-24(26(28)27(25)29)17-14-22-10-8-20(4-2)9-11-22/h12-13,15-16,18-20,22H,3-11,14,17H2,1-2H3/t20-,22-. The van der Waals surface area contributed by atoms with E-state index >= 15 is 0 Å². The smallest absolute Gasteiger partial charge is 0.166 e. The van der Waals surface area contributed by atoms with Gasteiger partial charge in [0.15, 0.2) is 11.6 Å². The Bertz CT molecular complexity index is 755. The second kappa shape index (κ2) is 10.9. The number of halogens is 2. The fraction of sp³-hybridized carbons (Fsp3) is 0.556. The lowest BCUT2D eigenvalue weighted by Crippen LogP contribution is -2.14. The Balaban J connectivity index is 1.61. The molecule has 1 aliphatic rings. The van der Waals surface area contributed by atoms with E-state index in [9.17, 15) is 8.78 Å². The van der Waals surface area contributed by atoms with Gasteiger partial charge in [-0.15, -0.1) is 0 Å². The Kier molecular flexibility index (Phi) is 8.27. The van der Waals surface area contributed by atoms with E-state index < -0.39 is 11.6 Å². The van der Waals surface area contributed by atoms with Crippen LogP contribution in [0.1, 0.15) is 82.8 Å². The molecule has 0 atom stereocenters. The molecule has 0 aliphatic heterocycles. The van der Waals surface area contributed by atoms with Gasteiger partial charge in [0.2, 0.25) is 0 Å². The van der Waals surface area contributed by atoms with E-state index in [2.05, 4.69) is 13.8 Å². The highest BCUT2D eigenvalue weighted by Crippen LogP contribution is 2.34. The van der Waals surface area contributed by atoms with E-state index in [-0.39, 0.29) is 0 Å². The van der Waals surface area contributed by atoms with Gasteiger partial charge in [0.1, 0.15) is 0 Å². The molecule has 2 heteroatoms. The highest BCUT2D eigenvalue weighted by molar-refractivity contribution is 5.65. The minimum atomic E-state index is -0.698. The molecule has 158 valence electrons. The lowest BCUT2D eigenvalue weighted by molar-refractivity contribution is 0.258. The van der Waals surface area contributed by atoms with E-state index in [1.54, 1.807) is 12.1 Å². The maximum atomic E-state index is 14.8. The van der Waals surface area contributed by atoms with Crippen molar-refractivity contribution in [1.29, 1.82) is 0 Å². The van der Waals surface area contributed by atoms with Crippen molar-refractivity contribution in [3.8, 4) is 11.1 Å². The summed E-state index contributed by atoms with van der Waals surface area (Å²) in [4.78, 5) is 0. The van der Waals surface area contributed by atoms with Gasteiger partial charge in [0.05, 0.1) is 0 Å². The summed E-state index contributed by atoms with van der Waals surface area (Å²) in [5.74, 6) is 0.186. The number of aryl methyl sites for hydroxylation is 2. The van der Waals surface area contributed by atoms with Crippen molar-refractivity contribution < 1.29 is 8.78 Å². The zero-order valence-electron chi connectivity index (χ0n) is 18.2. The van der Waals surface area contributed by atoms with Crippen molar-refractivity contribution >= 4 is 0 Å². The van der Waals surface area contributed by atoms with Crippen LogP contribution in [0.3, 0.4) is 0 Å². The fourth-order valence-electron chi connectivity index (χ4n) is 4.72. The number of rotatable bonds is 9. The van der Waals surface area contributed by atoms with E-state index in [1.165, 1.54) is 56.9 Å². The Morgan fingerprint density at radius 1 is 0.759 bits per heavy atom. The van der Waals surface area contributed by atoms with E-state index in [0.29, 0.717) is 23.5 Å². The third kappa shape index (κ3) is 5.90. The molecule has 0 heterocycles. The van der Waals surface area contributed by atoms with Crippen LogP contribution in [0.25, 0.3) is 11.1 Å². The maximum absolute atomic E-state index is 14.8. The number of benzene rings is 2. The Labute approximate surface area is 175 Å². The predicted molar refractivity (Wildman–Crippen MR) is 119 cm³/mol. The summed E-state index contributed by atoms with van der Waals surface area (Å²) in [5.41, 5.74) is 2.91. The van der Waals surface area contributed by atoms with Crippen LogP contribution in [0.15, 0.2) is 36.4 Å². The summed E-state index contributed by atoms with van der Waals surface area (Å²) < 4.78 is 29.5. The van der Waals surface area contributed by atoms with Crippen LogP contribution in [0.4, 0.5) is 8.78 Å². The summed E-state index contributed by atoms with van der Waals surface area (Å²) >= 11 is 0. The highest BCUT2D eigenvalue weighted by Gasteiger charge is 2.21. The third-order valence-corrected chi connectivity index (χ3v) is 6.86. The monoisotopic (exact) mass is 398 g/mol. The molecular formula is C27H36F2. The SMILES string of the molecule is CCCCCc1ccc(-c2ccc(CC[C@H]3CC[C@H](CC)CC3)c(F)c2F)cc1. The van der Waals surface area contributed by atoms with Gasteiger partial charge in [-0.05, 0) is 54.2 Å². The van der Waals surface area contributed by atoms with Crippen LogP contribution < -0.4 is 0 Å². The van der Waals surface area contributed by atoms with Crippen molar-refractivity contribution in [1.82, 2.24) is 0 Å². The van der Waals surface area contributed by atoms with Crippen molar-refractivity contribution in [2.45, 2.75) is 84.5 Å². The minimum absolute atomic E-state index is 0.370. The number of hydrogen-bond acceptors (Lipinski definition) is 0. The van der Waals surface area contributed by atoms with E-state index in [0.717, 1.165) is 24.3 Å². The van der Waals surface area contributed by atoms with E-state index in [1.807, 2.05) is 24.3 Å². The van der Waals surface area contributed by atoms with Gasteiger partial charge in [0.25, 0.3) is 0 Å². The lowest BCUT2D eigenvalue weighted by Gasteiger charge is -2.27. The summed E-state index contributed by atoms with van der Waals surface area (Å²) in [7, 11) is 0. The summed E-state index contributed by atoms with van der Waals surface area (Å²) in [6.45, 7) is 4.46. The Morgan fingerprint density at radius 2 is 1.45 bits per heavy atom. The topological polar surface area (TPSA) is 0 Å². The van der Waals surface area contributed by atoms with Gasteiger partial charge < -0.3 is 0 Å². The second-order valence-electron chi connectivity index (χ2n) is 8.89. The van der Waals surface area contributed by atoms with Crippen molar-refractivity contribution in [3.05, 3.63) is 59.2 Å². The molecule has 1 fully saturated rings. The largest absolute Gasteiger partial charge is 0.203 e. The number of unbranched alkanes of at least 4 members (excludes halogenated alkanes) is 2. The predicted octanol–water partition coefficient (Wildman–Crippen LogP) is 8.51. The molecule has 2 aromatic carbocycles. The van der Waals surface area contributed by atoms with Gasteiger partial charge >= 0.3 is 0 Å². The molecule has 0 aromatic heterocycles. The molecule has 2 aromatic rings. The average Bonchev–Trinajstić information content (AvgIpc) is 2.76. The summed E-state index contributed by atoms with van der Waals surface area (Å²) in [6, 6.07) is 11.5. The molecule has 0 saturated heterocycles. The number of hydrogen-bond donors (Lipinski definition) is 0.